The SMILES string of the molecule is O=C(NC[C@@H]1CCCO1)C(=O)Nc1ccc2c(c1)N(C(=O)c1cccs1)CCC2. The first-order chi connectivity index (χ1) is 14.1. The Kier molecular flexibility index (Phi) is 5.92. The van der Waals surface area contributed by atoms with Crippen LogP contribution in [0, 0.1) is 0 Å². The highest BCUT2D eigenvalue weighted by molar-refractivity contribution is 7.12. The lowest BCUT2D eigenvalue weighted by molar-refractivity contribution is -0.136. The quantitative estimate of drug-likeness (QED) is 0.754. The normalized spacial score (nSPS) is 18.2. The maximum Gasteiger partial charge on any atom is 0.313 e. The van der Waals surface area contributed by atoms with Crippen molar-refractivity contribution in [3.05, 3.63) is 46.2 Å². The molecule has 1 aromatic carbocycles. The third-order valence-corrected chi connectivity index (χ3v) is 6.02. The first kappa shape index (κ1) is 19.6. The van der Waals surface area contributed by atoms with Crippen LogP contribution in [0.3, 0.4) is 0 Å². The minimum Gasteiger partial charge on any atom is -0.376 e. The van der Waals surface area contributed by atoms with Crippen LogP contribution in [-0.4, -0.2) is 43.5 Å². The van der Waals surface area contributed by atoms with Crippen molar-refractivity contribution in [1.29, 1.82) is 0 Å². The van der Waals surface area contributed by atoms with Gasteiger partial charge >= 0.3 is 11.8 Å². The average molecular weight is 413 g/mol. The smallest absolute Gasteiger partial charge is 0.313 e. The summed E-state index contributed by atoms with van der Waals surface area (Å²) in [7, 11) is 0. The van der Waals surface area contributed by atoms with Crippen LogP contribution in [0.25, 0.3) is 0 Å². The van der Waals surface area contributed by atoms with Crippen molar-refractivity contribution in [3.63, 3.8) is 0 Å². The highest BCUT2D eigenvalue weighted by Gasteiger charge is 2.25. The number of ether oxygens (including phenoxy) is 1. The Bertz CT molecular complexity index is 907. The number of nitrogens with one attached hydrogen (secondary N) is 2. The monoisotopic (exact) mass is 413 g/mol. The standard InChI is InChI=1S/C21H23N3O4S/c25-19(22-13-16-5-2-10-28-16)20(26)23-15-8-7-14-4-1-9-24(17(14)12-15)21(27)18-6-3-11-29-18/h3,6-8,11-12,16H,1-2,4-5,9-10,13H2,(H,22,25)(H,23,26)/t16-/m0/s1. The average Bonchev–Trinajstić information content (AvgIpc) is 3.45. The number of thiophene rings is 1. The van der Waals surface area contributed by atoms with Gasteiger partial charge in [0.05, 0.1) is 11.0 Å². The van der Waals surface area contributed by atoms with Crippen LogP contribution in [0.4, 0.5) is 11.4 Å². The van der Waals surface area contributed by atoms with E-state index >= 15 is 0 Å². The van der Waals surface area contributed by atoms with Crippen molar-refractivity contribution < 1.29 is 19.1 Å². The highest BCUT2D eigenvalue weighted by atomic mass is 32.1. The van der Waals surface area contributed by atoms with E-state index < -0.39 is 11.8 Å². The Morgan fingerprint density at radius 3 is 2.83 bits per heavy atom. The molecule has 0 aliphatic carbocycles. The Morgan fingerprint density at radius 1 is 1.17 bits per heavy atom. The lowest BCUT2D eigenvalue weighted by atomic mass is 10.0. The number of hydrogen-bond donors (Lipinski definition) is 2. The summed E-state index contributed by atoms with van der Waals surface area (Å²) in [5.41, 5.74) is 2.33. The number of amides is 3. The van der Waals surface area contributed by atoms with Crippen molar-refractivity contribution in [2.45, 2.75) is 31.8 Å². The van der Waals surface area contributed by atoms with Gasteiger partial charge in [-0.2, -0.15) is 0 Å². The molecule has 29 heavy (non-hydrogen) atoms. The van der Waals surface area contributed by atoms with Crippen LogP contribution < -0.4 is 15.5 Å². The van der Waals surface area contributed by atoms with Crippen molar-refractivity contribution >= 4 is 40.4 Å². The summed E-state index contributed by atoms with van der Waals surface area (Å²) in [5.74, 6) is -1.46. The molecule has 0 radical (unpaired) electrons. The molecule has 4 rings (SSSR count). The second-order valence-corrected chi connectivity index (χ2v) is 8.13. The molecule has 2 N–H and O–H groups in total. The van der Waals surface area contributed by atoms with E-state index in [1.165, 1.54) is 11.3 Å². The van der Waals surface area contributed by atoms with Gasteiger partial charge in [-0.05, 0) is 54.8 Å². The molecular formula is C21H23N3O4S. The van der Waals surface area contributed by atoms with Crippen molar-refractivity contribution in [2.75, 3.05) is 29.9 Å². The summed E-state index contributed by atoms with van der Waals surface area (Å²) in [6.07, 6.45) is 3.61. The van der Waals surface area contributed by atoms with E-state index in [1.807, 2.05) is 23.6 Å². The Hall–Kier alpha value is -2.71. The minimum atomic E-state index is -0.727. The van der Waals surface area contributed by atoms with Crippen LogP contribution in [0.15, 0.2) is 35.7 Å². The van der Waals surface area contributed by atoms with Gasteiger partial charge in [-0.3, -0.25) is 14.4 Å². The highest BCUT2D eigenvalue weighted by Crippen LogP contribution is 2.31. The van der Waals surface area contributed by atoms with Crippen LogP contribution in [0.1, 0.15) is 34.5 Å². The van der Waals surface area contributed by atoms with E-state index in [-0.39, 0.29) is 12.0 Å². The number of aryl methyl sites for hydroxylation is 1. The summed E-state index contributed by atoms with van der Waals surface area (Å²) in [4.78, 5) is 39.6. The van der Waals surface area contributed by atoms with Crippen LogP contribution in [0.2, 0.25) is 0 Å². The number of carbonyl (C=O) groups is 3. The van der Waals surface area contributed by atoms with E-state index in [0.717, 1.165) is 36.9 Å². The van der Waals surface area contributed by atoms with Crippen LogP contribution >= 0.6 is 11.3 Å². The van der Waals surface area contributed by atoms with Gasteiger partial charge in [0.2, 0.25) is 0 Å². The van der Waals surface area contributed by atoms with Crippen LogP contribution in [-0.2, 0) is 20.7 Å². The summed E-state index contributed by atoms with van der Waals surface area (Å²) in [6, 6.07) is 9.11. The Labute approximate surface area is 173 Å². The number of fused-ring (bicyclic) bond motifs is 1. The predicted molar refractivity (Wildman–Crippen MR) is 111 cm³/mol. The molecule has 2 aliphatic heterocycles. The Balaban J connectivity index is 1.44. The maximum atomic E-state index is 12.8. The number of hydrogen-bond acceptors (Lipinski definition) is 5. The van der Waals surface area contributed by atoms with Crippen molar-refractivity contribution in [1.82, 2.24) is 5.32 Å². The molecule has 2 aliphatic rings. The third kappa shape index (κ3) is 4.49. The van der Waals surface area contributed by atoms with Gasteiger partial charge in [0, 0.05) is 31.1 Å². The lowest BCUT2D eigenvalue weighted by Gasteiger charge is -2.29. The molecule has 1 aromatic heterocycles. The molecule has 7 nitrogen and oxygen atoms in total. The first-order valence-corrected chi connectivity index (χ1v) is 10.7. The summed E-state index contributed by atoms with van der Waals surface area (Å²) in [5, 5.41) is 7.13. The molecular weight excluding hydrogens is 390 g/mol. The molecule has 152 valence electrons. The molecule has 2 aromatic rings. The van der Waals surface area contributed by atoms with Crippen LogP contribution in [0.5, 0.6) is 0 Å². The fourth-order valence-corrected chi connectivity index (χ4v) is 4.35. The zero-order valence-corrected chi connectivity index (χ0v) is 16.8. The molecule has 1 saturated heterocycles. The summed E-state index contributed by atoms with van der Waals surface area (Å²) >= 11 is 1.41. The van der Waals surface area contributed by atoms with Gasteiger partial charge in [-0.15, -0.1) is 11.3 Å². The topological polar surface area (TPSA) is 87.7 Å². The molecule has 0 saturated carbocycles. The van der Waals surface area contributed by atoms with Gasteiger partial charge < -0.3 is 20.3 Å². The van der Waals surface area contributed by atoms with E-state index in [9.17, 15) is 14.4 Å². The lowest BCUT2D eigenvalue weighted by Crippen LogP contribution is -2.39. The van der Waals surface area contributed by atoms with Gasteiger partial charge in [0.15, 0.2) is 0 Å². The fraction of sp³-hybridized carbons (Fsp3) is 0.381. The van der Waals surface area contributed by atoms with E-state index in [1.54, 1.807) is 17.0 Å². The van der Waals surface area contributed by atoms with E-state index in [0.29, 0.717) is 30.3 Å². The molecule has 0 unspecified atom stereocenters. The molecule has 3 amide bonds. The Morgan fingerprint density at radius 2 is 2.07 bits per heavy atom. The van der Waals surface area contributed by atoms with Gasteiger partial charge in [-0.1, -0.05) is 12.1 Å². The van der Waals surface area contributed by atoms with Gasteiger partial charge in [-0.25, -0.2) is 0 Å². The number of anilines is 2. The van der Waals surface area contributed by atoms with Gasteiger partial charge in [0.25, 0.3) is 5.91 Å². The molecule has 1 fully saturated rings. The van der Waals surface area contributed by atoms with E-state index in [2.05, 4.69) is 10.6 Å². The largest absolute Gasteiger partial charge is 0.376 e. The summed E-state index contributed by atoms with van der Waals surface area (Å²) in [6.45, 7) is 1.66. The molecule has 3 heterocycles. The maximum absolute atomic E-state index is 12.8. The second kappa shape index (κ2) is 8.75. The number of carbonyl (C=O) groups excluding carboxylic acids is 3. The molecule has 1 atom stereocenters. The molecule has 0 bridgehead atoms. The van der Waals surface area contributed by atoms with E-state index in [4.69, 9.17) is 4.74 Å². The first-order valence-electron chi connectivity index (χ1n) is 9.81. The predicted octanol–water partition coefficient (Wildman–Crippen LogP) is 2.57. The minimum absolute atomic E-state index is 0.0210. The van der Waals surface area contributed by atoms with Crippen molar-refractivity contribution in [2.24, 2.45) is 0 Å². The zero-order chi connectivity index (χ0) is 20.2. The molecule has 8 heteroatoms. The van der Waals surface area contributed by atoms with Crippen molar-refractivity contribution in [3.8, 4) is 0 Å². The zero-order valence-electron chi connectivity index (χ0n) is 16.0. The number of rotatable bonds is 4. The molecule has 0 spiro atoms. The summed E-state index contributed by atoms with van der Waals surface area (Å²) < 4.78 is 5.45. The van der Waals surface area contributed by atoms with Gasteiger partial charge in [0.1, 0.15) is 0 Å². The number of benzene rings is 1. The fourth-order valence-electron chi connectivity index (χ4n) is 3.68. The third-order valence-electron chi connectivity index (χ3n) is 5.16. The second-order valence-electron chi connectivity index (χ2n) is 7.18. The number of nitrogens with zero attached hydrogens (tertiary/aromatic N) is 1.